The number of carbonyl (C=O) groups is 3. The van der Waals surface area contributed by atoms with Crippen molar-refractivity contribution in [3.8, 4) is 0 Å². The number of hydrogen-bond acceptors (Lipinski definition) is 5. The minimum Gasteiger partial charge on any atom is -0.550 e. The second kappa shape index (κ2) is 5.13. The van der Waals surface area contributed by atoms with E-state index in [9.17, 15) is 24.6 Å². The summed E-state index contributed by atoms with van der Waals surface area (Å²) in [6, 6.07) is -1.12. The van der Waals surface area contributed by atoms with Crippen LogP contribution in [-0.4, -0.2) is 23.9 Å². The topological polar surface area (TPSA) is 109 Å². The van der Waals surface area contributed by atoms with Crippen molar-refractivity contribution in [3.05, 3.63) is 0 Å². The summed E-state index contributed by atoms with van der Waals surface area (Å²) in [5.74, 6) is -3.42. The van der Waals surface area contributed by atoms with E-state index in [0.717, 1.165) is 0 Å². The number of carbonyl (C=O) groups excluding carboxylic acids is 3. The smallest absolute Gasteiger partial charge is 0.220 e. The molecule has 0 saturated carbocycles. The normalized spacial score (nSPS) is 11.8. The molecule has 1 N–H and O–H groups in total. The molecule has 6 nitrogen and oxygen atoms in total. The Hall–Kier alpha value is -1.59. The summed E-state index contributed by atoms with van der Waals surface area (Å²) in [4.78, 5) is 30.8. The highest BCUT2D eigenvalue weighted by Gasteiger charge is 2.06. The fourth-order valence-corrected chi connectivity index (χ4v) is 0.588. The zero-order valence-electron chi connectivity index (χ0n) is 7.03. The number of carboxylic acid groups (broad SMARTS) is 2. The van der Waals surface area contributed by atoms with Gasteiger partial charge >= 0.3 is 0 Å². The molecule has 13 heavy (non-hydrogen) atoms. The van der Waals surface area contributed by atoms with Gasteiger partial charge < -0.3 is 25.1 Å². The highest BCUT2D eigenvalue weighted by Crippen LogP contribution is 1.88. The van der Waals surface area contributed by atoms with Crippen LogP contribution in [0.2, 0.25) is 0 Å². The molecule has 0 aromatic heterocycles. The summed E-state index contributed by atoms with van der Waals surface area (Å²) >= 11 is 0. The number of aliphatic carboxylic acids is 2. The number of amides is 1. The maximum absolute atomic E-state index is 10.8. The summed E-state index contributed by atoms with van der Waals surface area (Å²) in [6.07, 6.45) is -0.717. The first-order valence-electron chi connectivity index (χ1n) is 3.63. The monoisotopic (exact) mass is 187 g/mol. The van der Waals surface area contributed by atoms with Crippen molar-refractivity contribution >= 4 is 17.8 Å². The molecule has 1 amide bonds. The van der Waals surface area contributed by atoms with Gasteiger partial charge in [-0.05, 0) is 13.3 Å². The van der Waals surface area contributed by atoms with Gasteiger partial charge in [-0.15, -0.1) is 0 Å². The molecule has 0 aromatic carbocycles. The largest absolute Gasteiger partial charge is 0.550 e. The Morgan fingerprint density at radius 1 is 1.23 bits per heavy atom. The van der Waals surface area contributed by atoms with Gasteiger partial charge in [0.25, 0.3) is 0 Å². The average molecular weight is 187 g/mol. The van der Waals surface area contributed by atoms with E-state index in [1.165, 1.54) is 6.92 Å². The van der Waals surface area contributed by atoms with Gasteiger partial charge in [-0.2, -0.15) is 0 Å². The molecule has 0 radical (unpaired) electrons. The Kier molecular flexibility index (Phi) is 4.50. The first kappa shape index (κ1) is 11.4. The van der Waals surface area contributed by atoms with Crippen molar-refractivity contribution in [2.24, 2.45) is 0 Å². The first-order valence-corrected chi connectivity index (χ1v) is 3.63. The van der Waals surface area contributed by atoms with Crippen LogP contribution in [0, 0.1) is 0 Å². The maximum Gasteiger partial charge on any atom is 0.220 e. The minimum atomic E-state index is -1.41. The Morgan fingerprint density at radius 3 is 2.15 bits per heavy atom. The molecular formula is C7H9NO5-2. The summed E-state index contributed by atoms with van der Waals surface area (Å²) in [7, 11) is 0. The van der Waals surface area contributed by atoms with E-state index in [2.05, 4.69) is 0 Å². The standard InChI is InChI=1S/C7H11NO5/c1-4(7(12)13)8-5(9)2-3-6(10)11/h4H,2-3H2,1H3,(H,8,9)(H,10,11)(H,12,13)/p-2/t4-/m0/s1. The second-order valence-corrected chi connectivity index (χ2v) is 2.48. The van der Waals surface area contributed by atoms with Gasteiger partial charge in [-0.1, -0.05) is 0 Å². The van der Waals surface area contributed by atoms with Gasteiger partial charge in [-0.3, -0.25) is 4.79 Å². The third kappa shape index (κ3) is 5.66. The minimum absolute atomic E-state index is 0.292. The van der Waals surface area contributed by atoms with Crippen molar-refractivity contribution in [2.45, 2.75) is 25.8 Å². The molecule has 0 spiro atoms. The lowest BCUT2D eigenvalue weighted by Crippen LogP contribution is -2.46. The molecule has 0 aliphatic heterocycles. The number of carboxylic acids is 2. The van der Waals surface area contributed by atoms with Crippen LogP contribution in [0.5, 0.6) is 0 Å². The van der Waals surface area contributed by atoms with E-state index >= 15 is 0 Å². The van der Waals surface area contributed by atoms with Gasteiger partial charge in [0.2, 0.25) is 5.91 Å². The highest BCUT2D eigenvalue weighted by molar-refractivity contribution is 5.84. The van der Waals surface area contributed by atoms with Crippen molar-refractivity contribution in [1.29, 1.82) is 0 Å². The SMILES string of the molecule is C[C@H](NC(=O)CCC(=O)[O-])C(=O)[O-]. The first-order chi connectivity index (χ1) is 5.93. The Balaban J connectivity index is 3.74. The van der Waals surface area contributed by atoms with Gasteiger partial charge in [0.15, 0.2) is 0 Å². The van der Waals surface area contributed by atoms with Crippen LogP contribution in [-0.2, 0) is 14.4 Å². The van der Waals surface area contributed by atoms with Crippen LogP contribution >= 0.6 is 0 Å². The van der Waals surface area contributed by atoms with E-state index in [1.54, 1.807) is 0 Å². The third-order valence-corrected chi connectivity index (χ3v) is 1.29. The molecule has 0 aromatic rings. The zero-order chi connectivity index (χ0) is 10.4. The van der Waals surface area contributed by atoms with Crippen LogP contribution in [0.15, 0.2) is 0 Å². The van der Waals surface area contributed by atoms with E-state index < -0.39 is 30.3 Å². The van der Waals surface area contributed by atoms with Crippen LogP contribution in [0.25, 0.3) is 0 Å². The van der Waals surface area contributed by atoms with Crippen molar-refractivity contribution in [1.82, 2.24) is 5.32 Å². The van der Waals surface area contributed by atoms with E-state index in [-0.39, 0.29) is 6.42 Å². The quantitative estimate of drug-likeness (QED) is 0.486. The van der Waals surface area contributed by atoms with Crippen LogP contribution < -0.4 is 15.5 Å². The molecule has 74 valence electrons. The van der Waals surface area contributed by atoms with Crippen molar-refractivity contribution in [2.75, 3.05) is 0 Å². The summed E-state index contributed by atoms with van der Waals surface area (Å²) < 4.78 is 0. The highest BCUT2D eigenvalue weighted by atomic mass is 16.4. The van der Waals surface area contributed by atoms with Gasteiger partial charge in [0.1, 0.15) is 0 Å². The molecule has 0 unspecified atom stereocenters. The Morgan fingerprint density at radius 2 is 1.77 bits per heavy atom. The third-order valence-electron chi connectivity index (χ3n) is 1.29. The predicted molar refractivity (Wildman–Crippen MR) is 36.9 cm³/mol. The van der Waals surface area contributed by atoms with Crippen molar-refractivity contribution in [3.63, 3.8) is 0 Å². The van der Waals surface area contributed by atoms with E-state index in [0.29, 0.717) is 0 Å². The summed E-state index contributed by atoms with van der Waals surface area (Å²) in [5, 5.41) is 22.1. The molecular weight excluding hydrogens is 178 g/mol. The molecule has 0 aliphatic rings. The van der Waals surface area contributed by atoms with Gasteiger partial charge in [0.05, 0.1) is 12.0 Å². The summed E-state index contributed by atoms with van der Waals surface area (Å²) in [6.45, 7) is 1.23. The van der Waals surface area contributed by atoms with Crippen LogP contribution in [0.3, 0.4) is 0 Å². The van der Waals surface area contributed by atoms with E-state index in [1.807, 2.05) is 5.32 Å². The lowest BCUT2D eigenvalue weighted by Gasteiger charge is -2.14. The average Bonchev–Trinajstić information content (AvgIpc) is 2.00. The maximum atomic E-state index is 10.8. The van der Waals surface area contributed by atoms with E-state index in [4.69, 9.17) is 0 Å². The molecule has 0 bridgehead atoms. The predicted octanol–water partition coefficient (Wildman–Crippen LogP) is -3.23. The lowest BCUT2D eigenvalue weighted by atomic mass is 10.2. The fourth-order valence-electron chi connectivity index (χ4n) is 0.588. The molecule has 6 heteroatoms. The second-order valence-electron chi connectivity index (χ2n) is 2.48. The fraction of sp³-hybridized carbons (Fsp3) is 0.571. The number of rotatable bonds is 5. The van der Waals surface area contributed by atoms with Crippen LogP contribution in [0.1, 0.15) is 19.8 Å². The number of hydrogen-bond donors (Lipinski definition) is 1. The van der Waals surface area contributed by atoms with Crippen molar-refractivity contribution < 1.29 is 24.6 Å². The van der Waals surface area contributed by atoms with Gasteiger partial charge in [0, 0.05) is 12.4 Å². The molecule has 0 saturated heterocycles. The molecule has 0 heterocycles. The lowest BCUT2D eigenvalue weighted by molar-refractivity contribution is -0.308. The summed E-state index contributed by atoms with van der Waals surface area (Å²) in [5.41, 5.74) is 0. The Labute approximate surface area is 74.6 Å². The molecule has 0 fully saturated rings. The van der Waals surface area contributed by atoms with Gasteiger partial charge in [-0.25, -0.2) is 0 Å². The molecule has 1 atom stereocenters. The molecule has 0 aliphatic carbocycles. The zero-order valence-corrected chi connectivity index (χ0v) is 7.03. The Bertz CT molecular complexity index is 225. The number of nitrogens with one attached hydrogen (secondary N) is 1. The van der Waals surface area contributed by atoms with Crippen LogP contribution in [0.4, 0.5) is 0 Å². The molecule has 0 rings (SSSR count).